The molecule has 0 radical (unpaired) electrons. The van der Waals surface area contributed by atoms with E-state index in [1.54, 1.807) is 18.0 Å². The summed E-state index contributed by atoms with van der Waals surface area (Å²) in [6.07, 6.45) is 2.62. The average Bonchev–Trinajstić information content (AvgIpc) is 2.43. The van der Waals surface area contributed by atoms with Crippen LogP contribution in [-0.2, 0) is 20.7 Å². The van der Waals surface area contributed by atoms with Crippen molar-refractivity contribution in [3.05, 3.63) is 30.1 Å². The number of carbonyl (C=O) groups excluding carboxylic acids is 2. The third-order valence-electron chi connectivity index (χ3n) is 2.87. The van der Waals surface area contributed by atoms with Gasteiger partial charge in [0.25, 0.3) is 0 Å². The van der Waals surface area contributed by atoms with Gasteiger partial charge in [-0.3, -0.25) is 14.6 Å². The van der Waals surface area contributed by atoms with Crippen LogP contribution in [0.25, 0.3) is 0 Å². The molecule has 0 fully saturated rings. The molecule has 5 nitrogen and oxygen atoms in total. The summed E-state index contributed by atoms with van der Waals surface area (Å²) < 4.78 is 4.89. The fourth-order valence-electron chi connectivity index (χ4n) is 1.83. The number of aromatic nitrogens is 1. The Bertz CT molecular complexity index is 432. The molecule has 0 bridgehead atoms. The van der Waals surface area contributed by atoms with Gasteiger partial charge in [0, 0.05) is 24.4 Å². The van der Waals surface area contributed by atoms with E-state index in [4.69, 9.17) is 4.74 Å². The van der Waals surface area contributed by atoms with Gasteiger partial charge in [-0.05, 0) is 39.3 Å². The monoisotopic (exact) mass is 278 g/mol. The molecule has 1 aromatic rings. The molecule has 20 heavy (non-hydrogen) atoms. The topological polar surface area (TPSA) is 59.5 Å². The molecular formula is C15H22N2O3. The third kappa shape index (κ3) is 5.38. The first-order valence-electron chi connectivity index (χ1n) is 6.89. The molecule has 0 aliphatic heterocycles. The van der Waals surface area contributed by atoms with Crippen molar-refractivity contribution in [2.24, 2.45) is 0 Å². The lowest BCUT2D eigenvalue weighted by Crippen LogP contribution is -2.41. The van der Waals surface area contributed by atoms with Gasteiger partial charge < -0.3 is 9.64 Å². The van der Waals surface area contributed by atoms with Crippen LogP contribution in [0.2, 0.25) is 0 Å². The number of carbonyl (C=O) groups is 2. The summed E-state index contributed by atoms with van der Waals surface area (Å²) in [5, 5.41) is 0. The van der Waals surface area contributed by atoms with E-state index in [-0.39, 0.29) is 24.5 Å². The molecular weight excluding hydrogens is 256 g/mol. The zero-order valence-corrected chi connectivity index (χ0v) is 12.3. The van der Waals surface area contributed by atoms with Gasteiger partial charge in [-0.1, -0.05) is 6.07 Å². The lowest BCUT2D eigenvalue weighted by atomic mass is 10.2. The number of rotatable bonds is 7. The SMILES string of the molecule is CCOC(=O)CN(C(=O)CCc1ccccn1)C(C)C. The molecule has 1 heterocycles. The van der Waals surface area contributed by atoms with Gasteiger partial charge in [0.15, 0.2) is 0 Å². The van der Waals surface area contributed by atoms with Crippen LogP contribution in [0.3, 0.4) is 0 Å². The molecule has 0 atom stereocenters. The first-order chi connectivity index (χ1) is 9.54. The second-order valence-corrected chi connectivity index (χ2v) is 4.74. The van der Waals surface area contributed by atoms with Crippen molar-refractivity contribution in [1.82, 2.24) is 9.88 Å². The summed E-state index contributed by atoms with van der Waals surface area (Å²) in [5.74, 6) is -0.425. The van der Waals surface area contributed by atoms with Crippen LogP contribution in [0.4, 0.5) is 0 Å². The second kappa shape index (κ2) is 8.30. The van der Waals surface area contributed by atoms with Crippen molar-refractivity contribution in [3.63, 3.8) is 0 Å². The molecule has 110 valence electrons. The zero-order chi connectivity index (χ0) is 15.0. The summed E-state index contributed by atoms with van der Waals surface area (Å²) >= 11 is 0. The molecule has 0 N–H and O–H groups in total. The van der Waals surface area contributed by atoms with E-state index in [9.17, 15) is 9.59 Å². The van der Waals surface area contributed by atoms with Gasteiger partial charge in [-0.15, -0.1) is 0 Å². The standard InChI is InChI=1S/C15H22N2O3/c1-4-20-15(19)11-17(12(2)3)14(18)9-8-13-7-5-6-10-16-13/h5-7,10,12H,4,8-9,11H2,1-3H3. The van der Waals surface area contributed by atoms with Crippen molar-refractivity contribution in [1.29, 1.82) is 0 Å². The first-order valence-corrected chi connectivity index (χ1v) is 6.89. The molecule has 0 aliphatic rings. The number of nitrogens with zero attached hydrogens (tertiary/aromatic N) is 2. The fraction of sp³-hybridized carbons (Fsp3) is 0.533. The summed E-state index contributed by atoms with van der Waals surface area (Å²) in [6.45, 7) is 5.86. The number of amides is 1. The molecule has 0 saturated carbocycles. The Labute approximate surface area is 119 Å². The molecule has 5 heteroatoms. The predicted octanol–water partition coefficient (Wildman–Crippen LogP) is 1.81. The van der Waals surface area contributed by atoms with E-state index in [0.717, 1.165) is 5.69 Å². The highest BCUT2D eigenvalue weighted by atomic mass is 16.5. The van der Waals surface area contributed by atoms with Crippen molar-refractivity contribution >= 4 is 11.9 Å². The molecule has 0 unspecified atom stereocenters. The van der Waals surface area contributed by atoms with E-state index >= 15 is 0 Å². The summed E-state index contributed by atoms with van der Waals surface area (Å²) in [5.41, 5.74) is 0.876. The minimum absolute atomic E-state index is 0.00651. The number of aryl methyl sites for hydroxylation is 1. The first kappa shape index (κ1) is 16.1. The highest BCUT2D eigenvalue weighted by molar-refractivity contribution is 5.82. The number of pyridine rings is 1. The molecule has 0 saturated heterocycles. The van der Waals surface area contributed by atoms with Gasteiger partial charge in [0.05, 0.1) is 6.61 Å². The van der Waals surface area contributed by atoms with E-state index in [1.807, 2.05) is 32.0 Å². The Kier molecular flexibility index (Phi) is 6.70. The van der Waals surface area contributed by atoms with Gasteiger partial charge in [-0.2, -0.15) is 0 Å². The highest BCUT2D eigenvalue weighted by Gasteiger charge is 2.20. The van der Waals surface area contributed by atoms with Gasteiger partial charge in [0.1, 0.15) is 6.54 Å². The molecule has 1 amide bonds. The zero-order valence-electron chi connectivity index (χ0n) is 12.3. The van der Waals surface area contributed by atoms with Crippen LogP contribution in [0, 0.1) is 0 Å². The Hall–Kier alpha value is -1.91. The maximum absolute atomic E-state index is 12.2. The molecule has 1 aromatic heterocycles. The fourth-order valence-corrected chi connectivity index (χ4v) is 1.83. The third-order valence-corrected chi connectivity index (χ3v) is 2.87. The molecule has 0 aromatic carbocycles. The van der Waals surface area contributed by atoms with E-state index in [2.05, 4.69) is 4.98 Å². The van der Waals surface area contributed by atoms with Crippen LogP contribution in [0.1, 0.15) is 32.9 Å². The Morgan fingerprint density at radius 1 is 1.35 bits per heavy atom. The van der Waals surface area contributed by atoms with Crippen LogP contribution < -0.4 is 0 Å². The van der Waals surface area contributed by atoms with Crippen molar-refractivity contribution in [2.75, 3.05) is 13.2 Å². The Morgan fingerprint density at radius 2 is 2.10 bits per heavy atom. The number of hydrogen-bond acceptors (Lipinski definition) is 4. The normalized spacial score (nSPS) is 10.4. The van der Waals surface area contributed by atoms with Crippen molar-refractivity contribution in [3.8, 4) is 0 Å². The van der Waals surface area contributed by atoms with Crippen LogP contribution in [0.5, 0.6) is 0 Å². The largest absolute Gasteiger partial charge is 0.465 e. The second-order valence-electron chi connectivity index (χ2n) is 4.74. The maximum Gasteiger partial charge on any atom is 0.325 e. The predicted molar refractivity (Wildman–Crippen MR) is 76.0 cm³/mol. The minimum Gasteiger partial charge on any atom is -0.465 e. The van der Waals surface area contributed by atoms with E-state index in [0.29, 0.717) is 19.4 Å². The van der Waals surface area contributed by atoms with Crippen molar-refractivity contribution < 1.29 is 14.3 Å². The van der Waals surface area contributed by atoms with Crippen LogP contribution >= 0.6 is 0 Å². The van der Waals surface area contributed by atoms with Gasteiger partial charge in [-0.25, -0.2) is 0 Å². The van der Waals surface area contributed by atoms with Crippen LogP contribution in [0.15, 0.2) is 24.4 Å². The molecule has 0 aliphatic carbocycles. The Balaban J connectivity index is 2.54. The van der Waals surface area contributed by atoms with E-state index < -0.39 is 0 Å². The number of ether oxygens (including phenoxy) is 1. The minimum atomic E-state index is -0.368. The lowest BCUT2D eigenvalue weighted by molar-refractivity contribution is -0.150. The van der Waals surface area contributed by atoms with Crippen LogP contribution in [-0.4, -0.2) is 41.0 Å². The molecule has 0 spiro atoms. The summed E-state index contributed by atoms with van der Waals surface area (Å²) in [4.78, 5) is 29.4. The smallest absolute Gasteiger partial charge is 0.325 e. The number of esters is 1. The van der Waals surface area contributed by atoms with E-state index in [1.165, 1.54) is 0 Å². The lowest BCUT2D eigenvalue weighted by Gasteiger charge is -2.25. The van der Waals surface area contributed by atoms with Gasteiger partial charge in [0.2, 0.25) is 5.91 Å². The quantitative estimate of drug-likeness (QED) is 0.714. The number of hydrogen-bond donors (Lipinski definition) is 0. The summed E-state index contributed by atoms with van der Waals surface area (Å²) in [7, 11) is 0. The maximum atomic E-state index is 12.2. The Morgan fingerprint density at radius 3 is 2.65 bits per heavy atom. The molecule has 1 rings (SSSR count). The summed E-state index contributed by atoms with van der Waals surface area (Å²) in [6, 6.07) is 5.59. The van der Waals surface area contributed by atoms with Gasteiger partial charge >= 0.3 is 5.97 Å². The average molecular weight is 278 g/mol. The highest BCUT2D eigenvalue weighted by Crippen LogP contribution is 2.06. The van der Waals surface area contributed by atoms with Crippen molar-refractivity contribution in [2.45, 2.75) is 39.7 Å².